The Labute approximate surface area is 194 Å². The van der Waals surface area contributed by atoms with Gasteiger partial charge in [-0.1, -0.05) is 37.5 Å². The molecule has 1 saturated carbocycles. The van der Waals surface area contributed by atoms with Gasteiger partial charge in [-0.2, -0.15) is 0 Å². The highest BCUT2D eigenvalue weighted by molar-refractivity contribution is 14.0. The summed E-state index contributed by atoms with van der Waals surface area (Å²) in [4.78, 5) is 5.89. The highest BCUT2D eigenvalue weighted by Gasteiger charge is 2.34. The van der Waals surface area contributed by atoms with Gasteiger partial charge in [0.05, 0.1) is 4.90 Å². The summed E-state index contributed by atoms with van der Waals surface area (Å²) in [5.74, 6) is 0.711. The van der Waals surface area contributed by atoms with E-state index in [-0.39, 0.29) is 34.3 Å². The van der Waals surface area contributed by atoms with Crippen molar-refractivity contribution in [3.8, 4) is 0 Å². The molecule has 0 amide bonds. The fourth-order valence-electron chi connectivity index (χ4n) is 3.81. The summed E-state index contributed by atoms with van der Waals surface area (Å²) < 4.78 is 23.1. The molecule has 0 spiro atoms. The first-order valence-corrected chi connectivity index (χ1v) is 12.0. The van der Waals surface area contributed by atoms with E-state index in [9.17, 15) is 8.42 Å². The van der Waals surface area contributed by atoms with Crippen LogP contribution in [0.5, 0.6) is 0 Å². The van der Waals surface area contributed by atoms with Crippen LogP contribution in [0.3, 0.4) is 0 Å². The van der Waals surface area contributed by atoms with Crippen molar-refractivity contribution in [1.29, 1.82) is 0 Å². The zero-order valence-corrected chi connectivity index (χ0v) is 20.5. The lowest BCUT2D eigenvalue weighted by Crippen LogP contribution is -2.46. The summed E-state index contributed by atoms with van der Waals surface area (Å²) in [6.07, 6.45) is 6.19. The maximum Gasteiger partial charge on any atom is 0.238 e. The quantitative estimate of drug-likeness (QED) is 0.292. The molecule has 4 N–H and O–H groups in total. The summed E-state index contributed by atoms with van der Waals surface area (Å²) in [5.41, 5.74) is 0.998. The van der Waals surface area contributed by atoms with Gasteiger partial charge in [-0.15, -0.1) is 35.3 Å². The Morgan fingerprint density at radius 2 is 1.93 bits per heavy atom. The summed E-state index contributed by atoms with van der Waals surface area (Å²) in [7, 11) is -1.96. The zero-order chi connectivity index (χ0) is 20.0. The molecule has 0 saturated heterocycles. The van der Waals surface area contributed by atoms with E-state index >= 15 is 0 Å². The zero-order valence-electron chi connectivity index (χ0n) is 16.6. The minimum Gasteiger partial charge on any atom is -0.355 e. The molecule has 1 heterocycles. The average molecular weight is 549 g/mol. The lowest BCUT2D eigenvalue weighted by Gasteiger charge is -2.37. The molecular formula is C20H29IN4O2S2. The Balaban J connectivity index is 0.00000300. The van der Waals surface area contributed by atoms with Crippen molar-refractivity contribution in [2.24, 2.45) is 10.1 Å². The molecule has 0 aliphatic heterocycles. The highest BCUT2D eigenvalue weighted by Crippen LogP contribution is 2.41. The van der Waals surface area contributed by atoms with E-state index in [0.29, 0.717) is 12.5 Å². The fraction of sp³-hybridized carbons (Fsp3) is 0.450. The van der Waals surface area contributed by atoms with Crippen LogP contribution in [0, 0.1) is 0 Å². The average Bonchev–Trinajstić information content (AvgIpc) is 3.24. The fourth-order valence-corrected chi connectivity index (χ4v) is 5.38. The van der Waals surface area contributed by atoms with E-state index in [4.69, 9.17) is 5.14 Å². The summed E-state index contributed by atoms with van der Waals surface area (Å²) in [6.45, 7) is 1.31. The van der Waals surface area contributed by atoms with Gasteiger partial charge in [0.2, 0.25) is 10.0 Å². The summed E-state index contributed by atoms with van der Waals surface area (Å²) in [5, 5.41) is 14.1. The normalized spacial score (nSPS) is 16.7. The molecule has 6 nitrogen and oxygen atoms in total. The predicted molar refractivity (Wildman–Crippen MR) is 131 cm³/mol. The SMILES string of the molecule is CN=C(NCc1cccc(S(N)(=O)=O)c1)NCC1(c2cccs2)CCCCC1.I. The van der Waals surface area contributed by atoms with Gasteiger partial charge >= 0.3 is 0 Å². The molecule has 9 heteroatoms. The monoisotopic (exact) mass is 548 g/mol. The van der Waals surface area contributed by atoms with Crippen molar-refractivity contribution in [3.05, 3.63) is 52.2 Å². The number of halogens is 1. The number of nitrogens with one attached hydrogen (secondary N) is 2. The van der Waals surface area contributed by atoms with Crippen LogP contribution in [0.15, 0.2) is 51.7 Å². The topological polar surface area (TPSA) is 96.6 Å². The second-order valence-corrected chi connectivity index (χ2v) is 9.80. The van der Waals surface area contributed by atoms with Gasteiger partial charge in [0, 0.05) is 30.4 Å². The second kappa shape index (κ2) is 10.7. The summed E-state index contributed by atoms with van der Waals surface area (Å²) in [6, 6.07) is 11.0. The van der Waals surface area contributed by atoms with Crippen molar-refractivity contribution in [1.82, 2.24) is 10.6 Å². The van der Waals surface area contributed by atoms with Gasteiger partial charge in [0.1, 0.15) is 0 Å². The molecular weight excluding hydrogens is 519 g/mol. The minimum atomic E-state index is -3.70. The summed E-state index contributed by atoms with van der Waals surface area (Å²) >= 11 is 1.83. The third-order valence-electron chi connectivity index (χ3n) is 5.36. The number of nitrogens with zero attached hydrogens (tertiary/aromatic N) is 1. The van der Waals surface area contributed by atoms with Gasteiger partial charge < -0.3 is 10.6 Å². The molecule has 0 radical (unpaired) electrons. The first-order valence-electron chi connectivity index (χ1n) is 9.53. The van der Waals surface area contributed by atoms with Crippen LogP contribution in [-0.2, 0) is 22.0 Å². The number of rotatable bonds is 6. The third kappa shape index (κ3) is 6.40. The predicted octanol–water partition coefficient (Wildman–Crippen LogP) is 3.58. The van der Waals surface area contributed by atoms with Crippen LogP contribution in [0.4, 0.5) is 0 Å². The van der Waals surface area contributed by atoms with Crippen molar-refractivity contribution >= 4 is 51.3 Å². The number of nitrogens with two attached hydrogens (primary N) is 1. The number of guanidine groups is 1. The Morgan fingerprint density at radius 1 is 1.17 bits per heavy atom. The molecule has 0 bridgehead atoms. The van der Waals surface area contributed by atoms with E-state index in [1.165, 1.54) is 43.0 Å². The van der Waals surface area contributed by atoms with Crippen LogP contribution in [0.2, 0.25) is 0 Å². The lowest BCUT2D eigenvalue weighted by atomic mass is 9.73. The second-order valence-electron chi connectivity index (χ2n) is 7.29. The van der Waals surface area contributed by atoms with E-state index in [1.807, 2.05) is 17.4 Å². The molecule has 29 heavy (non-hydrogen) atoms. The number of hydrogen-bond acceptors (Lipinski definition) is 4. The number of primary sulfonamides is 1. The van der Waals surface area contributed by atoms with Gasteiger partial charge in [-0.05, 0) is 42.0 Å². The van der Waals surface area contributed by atoms with Crippen LogP contribution in [0.1, 0.15) is 42.5 Å². The first-order chi connectivity index (χ1) is 13.4. The molecule has 1 fully saturated rings. The lowest BCUT2D eigenvalue weighted by molar-refractivity contribution is 0.296. The van der Waals surface area contributed by atoms with Crippen molar-refractivity contribution in [2.45, 2.75) is 49.0 Å². The molecule has 0 unspecified atom stereocenters. The first kappa shape index (κ1) is 24.1. The maximum atomic E-state index is 11.5. The Hall–Kier alpha value is -1.17. The largest absolute Gasteiger partial charge is 0.355 e. The third-order valence-corrected chi connectivity index (χ3v) is 7.39. The standard InChI is InChI=1S/C20H28N4O2S2.HI/c1-22-19(23-14-16-7-5-8-17(13-16)28(21,25)26)24-15-20(10-3-2-4-11-20)18-9-6-12-27-18;/h5-9,12-13H,2-4,10-11,14-15H2,1H3,(H2,21,25,26)(H2,22,23,24);1H. The molecule has 1 aromatic heterocycles. The molecule has 1 aliphatic rings. The van der Waals surface area contributed by atoms with Gasteiger partial charge in [0.25, 0.3) is 0 Å². The van der Waals surface area contributed by atoms with Gasteiger partial charge in [0.15, 0.2) is 5.96 Å². The van der Waals surface area contributed by atoms with Crippen molar-refractivity contribution in [3.63, 3.8) is 0 Å². The highest BCUT2D eigenvalue weighted by atomic mass is 127. The molecule has 2 aromatic rings. The minimum absolute atomic E-state index is 0. The number of thiophene rings is 1. The Kier molecular flexibility index (Phi) is 8.92. The molecule has 0 atom stereocenters. The van der Waals surface area contributed by atoms with Crippen LogP contribution in [-0.4, -0.2) is 28.0 Å². The molecule has 1 aromatic carbocycles. The number of benzene rings is 1. The number of sulfonamides is 1. The van der Waals surface area contributed by atoms with Crippen LogP contribution >= 0.6 is 35.3 Å². The van der Waals surface area contributed by atoms with Crippen LogP contribution < -0.4 is 15.8 Å². The van der Waals surface area contributed by atoms with Crippen molar-refractivity contribution in [2.75, 3.05) is 13.6 Å². The van der Waals surface area contributed by atoms with Crippen molar-refractivity contribution < 1.29 is 8.42 Å². The van der Waals surface area contributed by atoms with E-state index < -0.39 is 10.0 Å². The smallest absolute Gasteiger partial charge is 0.238 e. The number of hydrogen-bond donors (Lipinski definition) is 3. The van der Waals surface area contributed by atoms with Gasteiger partial charge in [-0.3, -0.25) is 4.99 Å². The number of aliphatic imine (C=N–C) groups is 1. The van der Waals surface area contributed by atoms with E-state index in [1.54, 1.807) is 19.2 Å². The van der Waals surface area contributed by atoms with E-state index in [2.05, 4.69) is 33.1 Å². The molecule has 160 valence electrons. The Morgan fingerprint density at radius 3 is 2.55 bits per heavy atom. The van der Waals surface area contributed by atoms with Gasteiger partial charge in [-0.25, -0.2) is 13.6 Å². The maximum absolute atomic E-state index is 11.5. The molecule has 1 aliphatic carbocycles. The molecule has 3 rings (SSSR count). The van der Waals surface area contributed by atoms with Crippen LogP contribution in [0.25, 0.3) is 0 Å². The van der Waals surface area contributed by atoms with E-state index in [0.717, 1.165) is 12.1 Å². The Bertz CT molecular complexity index is 908.